The van der Waals surface area contributed by atoms with Crippen molar-refractivity contribution in [3.8, 4) is 0 Å². The Kier molecular flexibility index (Phi) is 8.18. The third kappa shape index (κ3) is 6.24. The third-order valence-electron chi connectivity index (χ3n) is 5.30. The smallest absolute Gasteiger partial charge is 0.191 e. The molecule has 0 atom stereocenters. The second kappa shape index (κ2) is 11.1. The Bertz CT molecular complexity index is 720. The van der Waals surface area contributed by atoms with Gasteiger partial charge in [-0.05, 0) is 55.5 Å². The van der Waals surface area contributed by atoms with Gasteiger partial charge >= 0.3 is 0 Å². The maximum atomic E-state index is 4.32. The molecule has 1 aliphatic heterocycles. The van der Waals surface area contributed by atoms with Gasteiger partial charge in [0, 0.05) is 50.3 Å². The van der Waals surface area contributed by atoms with E-state index in [-0.39, 0.29) is 0 Å². The van der Waals surface area contributed by atoms with Crippen molar-refractivity contribution >= 4 is 23.0 Å². The SMILES string of the molecule is CN=C(NCCCCN1CCN(c2ccccc2)CC1)NCc1sccc1C. The molecule has 0 unspecified atom stereocenters. The number of nitrogens with zero attached hydrogens (tertiary/aromatic N) is 3. The Hall–Kier alpha value is -2.05. The second-order valence-electron chi connectivity index (χ2n) is 7.25. The summed E-state index contributed by atoms with van der Waals surface area (Å²) in [7, 11) is 1.84. The number of anilines is 1. The number of aliphatic imine (C=N–C) groups is 1. The summed E-state index contributed by atoms with van der Waals surface area (Å²) in [6, 6.07) is 12.9. The van der Waals surface area contributed by atoms with Crippen LogP contribution < -0.4 is 15.5 Å². The number of unbranched alkanes of at least 4 members (excludes halogenated alkanes) is 1. The molecule has 2 heterocycles. The van der Waals surface area contributed by atoms with Gasteiger partial charge in [0.1, 0.15) is 0 Å². The molecule has 5 nitrogen and oxygen atoms in total. The van der Waals surface area contributed by atoms with Gasteiger partial charge in [0.25, 0.3) is 0 Å². The van der Waals surface area contributed by atoms with Crippen LogP contribution in [0.5, 0.6) is 0 Å². The molecular formula is C22H33N5S. The predicted molar refractivity (Wildman–Crippen MR) is 122 cm³/mol. The van der Waals surface area contributed by atoms with Gasteiger partial charge in [-0.3, -0.25) is 9.89 Å². The van der Waals surface area contributed by atoms with Crippen LogP contribution in [0.3, 0.4) is 0 Å². The summed E-state index contributed by atoms with van der Waals surface area (Å²) in [6.07, 6.45) is 2.39. The molecule has 1 aromatic heterocycles. The molecule has 0 bridgehead atoms. The Balaban J connectivity index is 1.26. The van der Waals surface area contributed by atoms with E-state index in [1.54, 1.807) is 11.3 Å². The highest BCUT2D eigenvalue weighted by Crippen LogP contribution is 2.16. The highest BCUT2D eigenvalue weighted by molar-refractivity contribution is 7.10. The van der Waals surface area contributed by atoms with E-state index in [9.17, 15) is 0 Å². The average molecular weight is 400 g/mol. The lowest BCUT2D eigenvalue weighted by Gasteiger charge is -2.36. The van der Waals surface area contributed by atoms with Crippen LogP contribution in [0.15, 0.2) is 46.8 Å². The number of piperazine rings is 1. The van der Waals surface area contributed by atoms with Gasteiger partial charge in [0.15, 0.2) is 5.96 Å². The fourth-order valence-electron chi connectivity index (χ4n) is 3.51. The number of benzene rings is 1. The molecule has 0 spiro atoms. The van der Waals surface area contributed by atoms with Crippen molar-refractivity contribution in [3.05, 3.63) is 52.2 Å². The van der Waals surface area contributed by atoms with Gasteiger partial charge in [-0.15, -0.1) is 11.3 Å². The number of aryl methyl sites for hydroxylation is 1. The molecule has 0 aliphatic carbocycles. The minimum atomic E-state index is 0.842. The van der Waals surface area contributed by atoms with Crippen molar-refractivity contribution in [2.75, 3.05) is 51.2 Å². The molecule has 0 saturated carbocycles. The lowest BCUT2D eigenvalue weighted by atomic mass is 10.2. The maximum absolute atomic E-state index is 4.32. The third-order valence-corrected chi connectivity index (χ3v) is 6.32. The standard InChI is InChI=1S/C22H33N5S/c1-19-10-17-28-21(19)18-25-22(23-2)24-11-6-7-12-26-13-15-27(16-14-26)20-8-4-3-5-9-20/h3-5,8-10,17H,6-7,11-16,18H2,1-2H3,(H2,23,24,25). The van der Waals surface area contributed by atoms with Crippen LogP contribution in [-0.4, -0.2) is 57.2 Å². The quantitative estimate of drug-likeness (QED) is 0.406. The van der Waals surface area contributed by atoms with E-state index < -0.39 is 0 Å². The number of hydrogen-bond donors (Lipinski definition) is 2. The van der Waals surface area contributed by atoms with Crippen molar-refractivity contribution in [1.82, 2.24) is 15.5 Å². The molecular weight excluding hydrogens is 366 g/mol. The second-order valence-corrected chi connectivity index (χ2v) is 8.25. The molecule has 2 aromatic rings. The summed E-state index contributed by atoms with van der Waals surface area (Å²) in [5, 5.41) is 8.98. The summed E-state index contributed by atoms with van der Waals surface area (Å²) >= 11 is 1.79. The van der Waals surface area contributed by atoms with E-state index in [2.05, 4.69) is 74.1 Å². The van der Waals surface area contributed by atoms with Gasteiger partial charge in [0.05, 0.1) is 6.54 Å². The molecule has 1 aliphatic rings. The number of nitrogens with one attached hydrogen (secondary N) is 2. The van der Waals surface area contributed by atoms with E-state index in [1.165, 1.54) is 29.1 Å². The molecule has 28 heavy (non-hydrogen) atoms. The zero-order chi connectivity index (χ0) is 19.6. The van der Waals surface area contributed by atoms with Gasteiger partial charge in [-0.25, -0.2) is 0 Å². The summed E-state index contributed by atoms with van der Waals surface area (Å²) in [5.74, 6) is 0.893. The fourth-order valence-corrected chi connectivity index (χ4v) is 4.35. The molecule has 1 saturated heterocycles. The van der Waals surface area contributed by atoms with Crippen molar-refractivity contribution in [3.63, 3.8) is 0 Å². The van der Waals surface area contributed by atoms with Gasteiger partial charge in [-0.2, -0.15) is 0 Å². The zero-order valence-corrected chi connectivity index (χ0v) is 18.0. The molecule has 0 amide bonds. The van der Waals surface area contributed by atoms with Crippen LogP contribution in [0.25, 0.3) is 0 Å². The summed E-state index contributed by atoms with van der Waals surface area (Å²) < 4.78 is 0. The number of hydrogen-bond acceptors (Lipinski definition) is 4. The normalized spacial score (nSPS) is 15.6. The molecule has 1 aromatic carbocycles. The van der Waals surface area contributed by atoms with E-state index in [4.69, 9.17) is 0 Å². The van der Waals surface area contributed by atoms with Crippen LogP contribution >= 0.6 is 11.3 Å². The lowest BCUT2D eigenvalue weighted by molar-refractivity contribution is 0.253. The van der Waals surface area contributed by atoms with Crippen LogP contribution in [0, 0.1) is 6.92 Å². The molecule has 152 valence electrons. The Morgan fingerprint density at radius 1 is 1.04 bits per heavy atom. The number of thiophene rings is 1. The van der Waals surface area contributed by atoms with Crippen LogP contribution in [-0.2, 0) is 6.54 Å². The molecule has 3 rings (SSSR count). The highest BCUT2D eigenvalue weighted by atomic mass is 32.1. The monoisotopic (exact) mass is 399 g/mol. The van der Waals surface area contributed by atoms with Crippen LogP contribution in [0.1, 0.15) is 23.3 Å². The Morgan fingerprint density at radius 3 is 2.50 bits per heavy atom. The first-order valence-electron chi connectivity index (χ1n) is 10.3. The van der Waals surface area contributed by atoms with E-state index in [0.29, 0.717) is 0 Å². The molecule has 6 heteroatoms. The summed E-state index contributed by atoms with van der Waals surface area (Å²) in [5.41, 5.74) is 2.70. The fraction of sp³-hybridized carbons (Fsp3) is 0.500. The van der Waals surface area contributed by atoms with Gasteiger partial charge in [0.2, 0.25) is 0 Å². The number of rotatable bonds is 8. The minimum Gasteiger partial charge on any atom is -0.369 e. The molecule has 0 radical (unpaired) electrons. The van der Waals surface area contributed by atoms with Crippen LogP contribution in [0.2, 0.25) is 0 Å². The van der Waals surface area contributed by atoms with E-state index >= 15 is 0 Å². The van der Waals surface area contributed by atoms with E-state index in [0.717, 1.165) is 51.6 Å². The van der Waals surface area contributed by atoms with Crippen LogP contribution in [0.4, 0.5) is 5.69 Å². The van der Waals surface area contributed by atoms with Crippen molar-refractivity contribution in [2.45, 2.75) is 26.3 Å². The van der Waals surface area contributed by atoms with Crippen molar-refractivity contribution < 1.29 is 0 Å². The Morgan fingerprint density at radius 2 is 1.82 bits per heavy atom. The maximum Gasteiger partial charge on any atom is 0.191 e. The Labute approximate surface area is 173 Å². The minimum absolute atomic E-state index is 0.842. The number of guanidine groups is 1. The van der Waals surface area contributed by atoms with Gasteiger partial charge < -0.3 is 15.5 Å². The molecule has 1 fully saturated rings. The first-order chi connectivity index (χ1) is 13.8. The molecule has 2 N–H and O–H groups in total. The summed E-state index contributed by atoms with van der Waals surface area (Å²) in [4.78, 5) is 10.8. The first-order valence-corrected chi connectivity index (χ1v) is 11.1. The van der Waals surface area contributed by atoms with Gasteiger partial charge in [-0.1, -0.05) is 18.2 Å². The highest BCUT2D eigenvalue weighted by Gasteiger charge is 2.16. The summed E-state index contributed by atoms with van der Waals surface area (Å²) in [6.45, 7) is 9.72. The lowest BCUT2D eigenvalue weighted by Crippen LogP contribution is -2.46. The van der Waals surface area contributed by atoms with E-state index in [1.807, 2.05) is 7.05 Å². The predicted octanol–water partition coefficient (Wildman–Crippen LogP) is 3.32. The zero-order valence-electron chi connectivity index (χ0n) is 17.2. The first kappa shape index (κ1) is 20.7. The average Bonchev–Trinajstić information content (AvgIpc) is 3.16. The van der Waals surface area contributed by atoms with Crippen molar-refractivity contribution in [1.29, 1.82) is 0 Å². The topological polar surface area (TPSA) is 42.9 Å². The number of para-hydroxylation sites is 1. The largest absolute Gasteiger partial charge is 0.369 e. The van der Waals surface area contributed by atoms with Crippen molar-refractivity contribution in [2.24, 2.45) is 4.99 Å².